The highest BCUT2D eigenvalue weighted by molar-refractivity contribution is 7.89. The topological polar surface area (TPSA) is 58.6 Å². The second kappa shape index (κ2) is 10.5. The lowest BCUT2D eigenvalue weighted by molar-refractivity contribution is -0.137. The molecule has 0 atom stereocenters. The van der Waals surface area contributed by atoms with Crippen LogP contribution in [-0.2, 0) is 34.1 Å². The minimum atomic E-state index is -4.37. The lowest BCUT2D eigenvalue weighted by atomic mass is 10.1. The molecule has 174 valence electrons. The summed E-state index contributed by atoms with van der Waals surface area (Å²) in [4.78, 5) is 5.65. The molecule has 0 amide bonds. The van der Waals surface area contributed by atoms with Gasteiger partial charge < -0.3 is 0 Å². The third-order valence-corrected chi connectivity index (χ3v) is 7.15. The number of hydrogen-bond donors (Lipinski definition) is 1. The summed E-state index contributed by atoms with van der Waals surface area (Å²) in [7, 11) is -3.57. The SMILES string of the molecule is CCCCc1ccc(S(=O)(=O)N2CC=C(NOCc3ccc(C(F)(F)F)cc3)CC2)cc1. The lowest BCUT2D eigenvalue weighted by Gasteiger charge is -2.26. The van der Waals surface area contributed by atoms with Gasteiger partial charge in [0.15, 0.2) is 0 Å². The van der Waals surface area contributed by atoms with Crippen LogP contribution in [-0.4, -0.2) is 25.8 Å². The molecule has 0 bridgehead atoms. The number of aryl methyl sites for hydroxylation is 1. The molecule has 32 heavy (non-hydrogen) atoms. The largest absolute Gasteiger partial charge is 0.416 e. The van der Waals surface area contributed by atoms with Gasteiger partial charge in [-0.25, -0.2) is 8.42 Å². The van der Waals surface area contributed by atoms with Gasteiger partial charge in [0.1, 0.15) is 0 Å². The van der Waals surface area contributed by atoms with E-state index in [1.165, 1.54) is 16.4 Å². The van der Waals surface area contributed by atoms with Gasteiger partial charge >= 0.3 is 6.18 Å². The van der Waals surface area contributed by atoms with Gasteiger partial charge in [0.2, 0.25) is 10.0 Å². The zero-order chi connectivity index (χ0) is 23.2. The monoisotopic (exact) mass is 468 g/mol. The number of benzene rings is 2. The van der Waals surface area contributed by atoms with Crippen molar-refractivity contribution in [2.24, 2.45) is 0 Å². The molecule has 0 saturated carbocycles. The molecular formula is C23H27F3N2O3S. The third-order valence-electron chi connectivity index (χ3n) is 5.28. The third kappa shape index (κ3) is 6.34. The summed E-state index contributed by atoms with van der Waals surface area (Å²) >= 11 is 0. The van der Waals surface area contributed by atoms with E-state index in [0.29, 0.717) is 18.5 Å². The molecule has 3 rings (SSSR count). The van der Waals surface area contributed by atoms with Gasteiger partial charge in [-0.05, 0) is 54.3 Å². The Hall–Kier alpha value is -2.36. The Morgan fingerprint density at radius 3 is 2.25 bits per heavy atom. The number of alkyl halides is 3. The molecule has 0 aromatic heterocycles. The van der Waals surface area contributed by atoms with Crippen LogP contribution in [0.3, 0.4) is 0 Å². The Morgan fingerprint density at radius 1 is 1.03 bits per heavy atom. The number of halogens is 3. The van der Waals surface area contributed by atoms with Gasteiger partial charge in [-0.1, -0.05) is 37.6 Å². The van der Waals surface area contributed by atoms with E-state index in [0.717, 1.165) is 42.7 Å². The van der Waals surface area contributed by atoms with Gasteiger partial charge in [-0.15, -0.1) is 0 Å². The second-order valence-corrected chi connectivity index (χ2v) is 9.61. The predicted octanol–water partition coefficient (Wildman–Crippen LogP) is 5.05. The normalized spacial score (nSPS) is 15.4. The molecule has 1 aliphatic heterocycles. The first-order chi connectivity index (χ1) is 15.2. The Labute approximate surface area is 186 Å². The molecule has 0 radical (unpaired) electrons. The number of unbranched alkanes of at least 4 members (excludes halogenated alkanes) is 1. The van der Waals surface area contributed by atoms with Crippen molar-refractivity contribution in [2.45, 2.75) is 50.3 Å². The highest BCUT2D eigenvalue weighted by atomic mass is 32.2. The predicted molar refractivity (Wildman–Crippen MR) is 116 cm³/mol. The molecule has 1 heterocycles. The average Bonchev–Trinajstić information content (AvgIpc) is 2.78. The van der Waals surface area contributed by atoms with E-state index in [1.54, 1.807) is 18.2 Å². The van der Waals surface area contributed by atoms with Crippen molar-refractivity contribution in [1.29, 1.82) is 0 Å². The first-order valence-electron chi connectivity index (χ1n) is 10.5. The lowest BCUT2D eigenvalue weighted by Crippen LogP contribution is -2.36. The van der Waals surface area contributed by atoms with Gasteiger partial charge in [-0.2, -0.15) is 17.5 Å². The number of hydroxylamine groups is 1. The van der Waals surface area contributed by atoms with E-state index in [-0.39, 0.29) is 18.0 Å². The van der Waals surface area contributed by atoms with Gasteiger partial charge in [0, 0.05) is 25.2 Å². The van der Waals surface area contributed by atoms with Crippen molar-refractivity contribution in [1.82, 2.24) is 9.79 Å². The summed E-state index contributed by atoms with van der Waals surface area (Å²) in [5.41, 5.74) is 4.52. The zero-order valence-corrected chi connectivity index (χ0v) is 18.7. The molecule has 0 unspecified atom stereocenters. The van der Waals surface area contributed by atoms with Crippen molar-refractivity contribution in [3.63, 3.8) is 0 Å². The van der Waals surface area contributed by atoms with E-state index in [2.05, 4.69) is 12.4 Å². The molecule has 0 fully saturated rings. The Kier molecular flexibility index (Phi) is 7.97. The number of sulfonamides is 1. The summed E-state index contributed by atoms with van der Waals surface area (Å²) in [6.45, 7) is 2.72. The Bertz CT molecular complexity index is 1020. The number of hydrogen-bond acceptors (Lipinski definition) is 4. The average molecular weight is 469 g/mol. The minimum Gasteiger partial charge on any atom is -0.272 e. The molecular weight excluding hydrogens is 441 g/mol. The molecule has 0 saturated heterocycles. The summed E-state index contributed by atoms with van der Waals surface area (Å²) in [5.74, 6) is 0. The van der Waals surface area contributed by atoms with Gasteiger partial charge in [0.25, 0.3) is 0 Å². The quantitative estimate of drug-likeness (QED) is 0.524. The fraction of sp³-hybridized carbons (Fsp3) is 0.391. The van der Waals surface area contributed by atoms with Crippen LogP contribution in [0.4, 0.5) is 13.2 Å². The number of nitrogens with zero attached hydrogens (tertiary/aromatic N) is 1. The van der Waals surface area contributed by atoms with Crippen molar-refractivity contribution in [2.75, 3.05) is 13.1 Å². The van der Waals surface area contributed by atoms with Gasteiger partial charge in [0.05, 0.1) is 17.1 Å². The number of rotatable bonds is 9. The van der Waals surface area contributed by atoms with Gasteiger partial charge in [-0.3, -0.25) is 10.3 Å². The van der Waals surface area contributed by atoms with Crippen molar-refractivity contribution >= 4 is 10.0 Å². The van der Waals surface area contributed by atoms with Crippen LogP contribution in [0, 0.1) is 0 Å². The van der Waals surface area contributed by atoms with E-state index >= 15 is 0 Å². The summed E-state index contributed by atoms with van der Waals surface area (Å²) in [6.07, 6.45) is 0.910. The van der Waals surface area contributed by atoms with Crippen molar-refractivity contribution < 1.29 is 26.4 Å². The van der Waals surface area contributed by atoms with E-state index < -0.39 is 21.8 Å². The van der Waals surface area contributed by atoms with Crippen LogP contribution in [0.5, 0.6) is 0 Å². The summed E-state index contributed by atoms with van der Waals surface area (Å²) < 4.78 is 65.0. The van der Waals surface area contributed by atoms with E-state index in [1.807, 2.05) is 12.1 Å². The molecule has 1 N–H and O–H groups in total. The summed E-state index contributed by atoms with van der Waals surface area (Å²) in [5, 5.41) is 0. The van der Waals surface area contributed by atoms with Crippen molar-refractivity contribution in [3.8, 4) is 0 Å². The van der Waals surface area contributed by atoms with Crippen LogP contribution >= 0.6 is 0 Å². The molecule has 2 aromatic rings. The maximum atomic E-state index is 12.9. The molecule has 2 aromatic carbocycles. The highest BCUT2D eigenvalue weighted by Gasteiger charge is 2.30. The van der Waals surface area contributed by atoms with Crippen LogP contribution in [0.2, 0.25) is 0 Å². The first-order valence-corrected chi connectivity index (χ1v) is 12.0. The molecule has 5 nitrogen and oxygen atoms in total. The Morgan fingerprint density at radius 2 is 1.69 bits per heavy atom. The molecule has 0 aliphatic carbocycles. The molecule has 1 aliphatic rings. The smallest absolute Gasteiger partial charge is 0.272 e. The maximum Gasteiger partial charge on any atom is 0.416 e. The van der Waals surface area contributed by atoms with Crippen LogP contribution in [0.25, 0.3) is 0 Å². The van der Waals surface area contributed by atoms with Crippen LogP contribution in [0.1, 0.15) is 42.9 Å². The minimum absolute atomic E-state index is 0.0852. The second-order valence-electron chi connectivity index (χ2n) is 7.68. The standard InChI is InChI=1S/C23H27F3N2O3S/c1-2-3-4-18-7-11-22(12-8-18)32(29,30)28-15-13-21(14-16-28)27-31-17-19-5-9-20(10-6-19)23(24,25)26/h5-13,27H,2-4,14-17H2,1H3. The summed E-state index contributed by atoms with van der Waals surface area (Å²) in [6, 6.07) is 11.8. The van der Waals surface area contributed by atoms with E-state index in [9.17, 15) is 21.6 Å². The zero-order valence-electron chi connectivity index (χ0n) is 17.9. The van der Waals surface area contributed by atoms with Crippen LogP contribution in [0.15, 0.2) is 65.2 Å². The highest BCUT2D eigenvalue weighted by Crippen LogP contribution is 2.29. The fourth-order valence-electron chi connectivity index (χ4n) is 3.32. The fourth-order valence-corrected chi connectivity index (χ4v) is 4.70. The molecule has 0 spiro atoms. The van der Waals surface area contributed by atoms with Crippen LogP contribution < -0.4 is 5.48 Å². The Balaban J connectivity index is 1.50. The molecule has 9 heteroatoms. The van der Waals surface area contributed by atoms with E-state index in [4.69, 9.17) is 4.84 Å². The number of nitrogens with one attached hydrogen (secondary N) is 1. The maximum absolute atomic E-state index is 12.9. The first kappa shape index (κ1) is 24.3. The van der Waals surface area contributed by atoms with Crippen molar-refractivity contribution in [3.05, 3.63) is 77.0 Å².